The molecule has 0 aromatic rings. The van der Waals surface area contributed by atoms with E-state index in [2.05, 4.69) is 10.5 Å². The second kappa shape index (κ2) is 4.41. The molecule has 1 N–H and O–H groups in total. The van der Waals surface area contributed by atoms with Crippen molar-refractivity contribution < 1.29 is 9.59 Å². The molecule has 2 aliphatic heterocycles. The molecule has 1 saturated heterocycles. The van der Waals surface area contributed by atoms with Crippen LogP contribution >= 0.6 is 11.6 Å². The number of hydrogen-bond acceptors (Lipinski definition) is 3. The molecule has 0 aromatic carbocycles. The van der Waals surface area contributed by atoms with Crippen LogP contribution in [0.25, 0.3) is 0 Å². The maximum atomic E-state index is 11.5. The van der Waals surface area contributed by atoms with E-state index in [9.17, 15) is 9.59 Å². The van der Waals surface area contributed by atoms with Crippen molar-refractivity contribution in [3.8, 4) is 0 Å². The lowest BCUT2D eigenvalue weighted by Gasteiger charge is -2.17. The molecule has 0 radical (unpaired) electrons. The summed E-state index contributed by atoms with van der Waals surface area (Å²) in [4.78, 5) is 24.6. The van der Waals surface area contributed by atoms with Gasteiger partial charge in [0.2, 0.25) is 11.8 Å². The highest BCUT2D eigenvalue weighted by Gasteiger charge is 2.31. The van der Waals surface area contributed by atoms with Gasteiger partial charge in [0.25, 0.3) is 0 Å². The smallest absolute Gasteiger partial charge is 0.248 e. The topological polar surface area (TPSA) is 61.8 Å². The summed E-state index contributed by atoms with van der Waals surface area (Å²) in [6.07, 6.45) is 1.03. The molecule has 2 aliphatic rings. The highest BCUT2D eigenvalue weighted by molar-refractivity contribution is 6.22. The predicted molar refractivity (Wildman–Crippen MR) is 60.2 cm³/mol. The van der Waals surface area contributed by atoms with E-state index in [-0.39, 0.29) is 23.1 Å². The first-order valence-electron chi connectivity index (χ1n) is 5.34. The van der Waals surface area contributed by atoms with Crippen LogP contribution in [0.2, 0.25) is 0 Å². The molecule has 2 atom stereocenters. The summed E-state index contributed by atoms with van der Waals surface area (Å²) in [6.45, 7) is 2.98. The Hall–Kier alpha value is -1.10. The van der Waals surface area contributed by atoms with E-state index in [1.54, 1.807) is 4.90 Å². The Morgan fingerprint density at radius 2 is 2.31 bits per heavy atom. The second-order valence-corrected chi connectivity index (χ2v) is 4.83. The summed E-state index contributed by atoms with van der Waals surface area (Å²) in [5, 5.41) is 3.78. The Bertz CT molecular complexity index is 356. The maximum absolute atomic E-state index is 11.5. The first-order valence-corrected chi connectivity index (χ1v) is 5.77. The third kappa shape index (κ3) is 2.19. The fourth-order valence-electron chi connectivity index (χ4n) is 2.05. The summed E-state index contributed by atoms with van der Waals surface area (Å²) in [5.74, 6) is -0.193. The molecule has 16 heavy (non-hydrogen) atoms. The summed E-state index contributed by atoms with van der Waals surface area (Å²) >= 11 is 5.89. The van der Waals surface area contributed by atoms with Gasteiger partial charge in [0.1, 0.15) is 0 Å². The Kier molecular flexibility index (Phi) is 3.14. The predicted octanol–water partition coefficient (Wildman–Crippen LogP) is 0.338. The van der Waals surface area contributed by atoms with E-state index in [0.717, 1.165) is 5.71 Å². The first kappa shape index (κ1) is 11.4. The van der Waals surface area contributed by atoms with E-state index in [1.165, 1.54) is 0 Å². The van der Waals surface area contributed by atoms with Crippen molar-refractivity contribution in [3.63, 3.8) is 0 Å². The molecular weight excluding hydrogens is 230 g/mol. The highest BCUT2D eigenvalue weighted by Crippen LogP contribution is 2.19. The quantitative estimate of drug-likeness (QED) is 0.727. The Morgan fingerprint density at radius 1 is 1.56 bits per heavy atom. The van der Waals surface area contributed by atoms with Crippen LogP contribution in [0, 0.1) is 5.92 Å². The molecule has 2 heterocycles. The summed E-state index contributed by atoms with van der Waals surface area (Å²) in [5.41, 5.74) is 3.23. The lowest BCUT2D eigenvalue weighted by atomic mass is 10.0. The third-order valence-electron chi connectivity index (χ3n) is 3.02. The summed E-state index contributed by atoms with van der Waals surface area (Å²) in [7, 11) is 0. The monoisotopic (exact) mass is 243 g/mol. The molecule has 0 spiro atoms. The molecule has 0 bridgehead atoms. The van der Waals surface area contributed by atoms with Gasteiger partial charge in [-0.1, -0.05) is 0 Å². The molecule has 5 nitrogen and oxygen atoms in total. The fraction of sp³-hybridized carbons (Fsp3) is 0.700. The van der Waals surface area contributed by atoms with Crippen LogP contribution in [-0.2, 0) is 9.59 Å². The van der Waals surface area contributed by atoms with Crippen molar-refractivity contribution in [3.05, 3.63) is 0 Å². The number of carbonyl (C=O) groups is 2. The van der Waals surface area contributed by atoms with Crippen LogP contribution in [-0.4, -0.2) is 40.9 Å². The largest absolute Gasteiger partial charge is 0.341 e. The summed E-state index contributed by atoms with van der Waals surface area (Å²) in [6, 6.07) is 0. The number of likely N-dealkylation sites (tertiary alicyclic amines) is 1. The molecule has 2 amide bonds. The number of hydrogen-bond donors (Lipinski definition) is 1. The van der Waals surface area contributed by atoms with Gasteiger partial charge in [0, 0.05) is 25.2 Å². The van der Waals surface area contributed by atoms with Gasteiger partial charge in [0.05, 0.1) is 11.3 Å². The number of nitrogens with zero attached hydrogens (tertiary/aromatic N) is 2. The molecule has 2 unspecified atom stereocenters. The van der Waals surface area contributed by atoms with E-state index < -0.39 is 0 Å². The lowest BCUT2D eigenvalue weighted by molar-refractivity contribution is -0.128. The molecule has 1 fully saturated rings. The zero-order valence-corrected chi connectivity index (χ0v) is 9.83. The second-order valence-electron chi connectivity index (χ2n) is 4.21. The lowest BCUT2D eigenvalue weighted by Crippen LogP contribution is -2.31. The molecule has 0 saturated carbocycles. The molecule has 0 aliphatic carbocycles. The van der Waals surface area contributed by atoms with Gasteiger partial charge in [-0.05, 0) is 13.3 Å². The van der Waals surface area contributed by atoms with Crippen LogP contribution < -0.4 is 5.43 Å². The summed E-state index contributed by atoms with van der Waals surface area (Å²) < 4.78 is 0. The molecule has 0 aromatic heterocycles. The maximum Gasteiger partial charge on any atom is 0.248 e. The van der Waals surface area contributed by atoms with Gasteiger partial charge < -0.3 is 4.90 Å². The zero-order valence-electron chi connectivity index (χ0n) is 9.07. The van der Waals surface area contributed by atoms with Crippen molar-refractivity contribution >= 4 is 29.1 Å². The molecule has 6 heteroatoms. The van der Waals surface area contributed by atoms with Gasteiger partial charge in [-0.2, -0.15) is 5.10 Å². The van der Waals surface area contributed by atoms with Crippen LogP contribution in [0.5, 0.6) is 0 Å². The standard InChI is InChI=1S/C10H14ClN3O2/c1-6-8(10(16)13-12-6)2-3-14-5-7(11)4-9(14)15/h7-8H,2-5H2,1H3,(H,13,16). The average molecular weight is 244 g/mol. The Balaban J connectivity index is 1.86. The third-order valence-corrected chi connectivity index (χ3v) is 3.31. The van der Waals surface area contributed by atoms with Crippen LogP contribution in [0.15, 0.2) is 5.10 Å². The number of rotatable bonds is 3. The minimum absolute atomic E-state index is 0.0768. The molecule has 2 rings (SSSR count). The average Bonchev–Trinajstić information content (AvgIpc) is 2.69. The van der Waals surface area contributed by atoms with Crippen molar-refractivity contribution in [1.82, 2.24) is 10.3 Å². The van der Waals surface area contributed by atoms with Crippen LogP contribution in [0.3, 0.4) is 0 Å². The minimum Gasteiger partial charge on any atom is -0.341 e. The molecule has 88 valence electrons. The van der Waals surface area contributed by atoms with Crippen molar-refractivity contribution in [2.24, 2.45) is 11.0 Å². The van der Waals surface area contributed by atoms with Gasteiger partial charge in [-0.15, -0.1) is 11.6 Å². The molecular formula is C10H14ClN3O2. The normalized spacial score (nSPS) is 29.6. The van der Waals surface area contributed by atoms with Crippen molar-refractivity contribution in [1.29, 1.82) is 0 Å². The number of carbonyl (C=O) groups excluding carboxylic acids is 2. The van der Waals surface area contributed by atoms with Gasteiger partial charge in [-0.3, -0.25) is 9.59 Å². The van der Waals surface area contributed by atoms with Crippen LogP contribution in [0.4, 0.5) is 0 Å². The number of halogens is 1. The van der Waals surface area contributed by atoms with E-state index in [1.807, 2.05) is 6.92 Å². The van der Waals surface area contributed by atoms with Gasteiger partial charge in [-0.25, -0.2) is 5.43 Å². The number of amides is 2. The van der Waals surface area contributed by atoms with Crippen molar-refractivity contribution in [2.75, 3.05) is 13.1 Å². The Morgan fingerprint density at radius 3 is 2.81 bits per heavy atom. The number of hydrazone groups is 1. The zero-order chi connectivity index (χ0) is 11.7. The Labute approximate surface area is 98.8 Å². The van der Waals surface area contributed by atoms with Gasteiger partial charge in [0.15, 0.2) is 0 Å². The fourth-order valence-corrected chi connectivity index (χ4v) is 2.35. The minimum atomic E-state index is -0.192. The van der Waals surface area contributed by atoms with Gasteiger partial charge >= 0.3 is 0 Å². The highest BCUT2D eigenvalue weighted by atomic mass is 35.5. The van der Waals surface area contributed by atoms with E-state index in [4.69, 9.17) is 11.6 Å². The van der Waals surface area contributed by atoms with Crippen LogP contribution in [0.1, 0.15) is 19.8 Å². The first-order chi connectivity index (χ1) is 7.58. The van der Waals surface area contributed by atoms with E-state index >= 15 is 0 Å². The van der Waals surface area contributed by atoms with E-state index in [0.29, 0.717) is 25.9 Å². The number of alkyl halides is 1. The number of nitrogens with one attached hydrogen (secondary N) is 1. The SMILES string of the molecule is CC1=NNC(=O)C1CCN1CC(Cl)CC1=O. The van der Waals surface area contributed by atoms with Crippen molar-refractivity contribution in [2.45, 2.75) is 25.1 Å².